The van der Waals surface area contributed by atoms with E-state index in [1.165, 1.54) is 56.2 Å². The quantitative estimate of drug-likeness (QED) is 0.742. The summed E-state index contributed by atoms with van der Waals surface area (Å²) in [6.07, 6.45) is 9.18. The van der Waals surface area contributed by atoms with Gasteiger partial charge in [-0.15, -0.1) is 0 Å². The number of nitrogens with zero attached hydrogens (tertiary/aromatic N) is 1. The maximum Gasteiger partial charge on any atom is 0.412 e. The summed E-state index contributed by atoms with van der Waals surface area (Å²) in [7, 11) is 2.23. The lowest BCUT2D eigenvalue weighted by Gasteiger charge is -2.42. The van der Waals surface area contributed by atoms with Gasteiger partial charge in [0.2, 0.25) is 0 Å². The van der Waals surface area contributed by atoms with Crippen molar-refractivity contribution in [1.82, 2.24) is 10.2 Å². The molecule has 0 aromatic heterocycles. The Bertz CT molecular complexity index is 587. The summed E-state index contributed by atoms with van der Waals surface area (Å²) in [4.78, 5) is 14.5. The summed E-state index contributed by atoms with van der Waals surface area (Å²) in [6, 6.07) is 6.87. The molecule has 0 spiro atoms. The molecule has 4 heteroatoms. The topological polar surface area (TPSA) is 41.6 Å². The summed E-state index contributed by atoms with van der Waals surface area (Å²) < 4.78 is 5.51. The predicted molar refractivity (Wildman–Crippen MR) is 101 cm³/mol. The fourth-order valence-electron chi connectivity index (χ4n) is 4.21. The van der Waals surface area contributed by atoms with E-state index in [9.17, 15) is 4.79 Å². The summed E-state index contributed by atoms with van der Waals surface area (Å²) in [5.74, 6) is 1.30. The Kier molecular flexibility index (Phi) is 6.35. The number of hydrogen-bond acceptors (Lipinski definition) is 3. The Labute approximate surface area is 151 Å². The van der Waals surface area contributed by atoms with Gasteiger partial charge >= 0.3 is 6.09 Å². The number of fused-ring (bicyclic) bond motifs is 4. The first kappa shape index (κ1) is 18.2. The van der Waals surface area contributed by atoms with Crippen molar-refractivity contribution in [3.05, 3.63) is 29.3 Å². The normalized spacial score (nSPS) is 22.3. The van der Waals surface area contributed by atoms with Crippen LogP contribution in [0.25, 0.3) is 0 Å². The van der Waals surface area contributed by atoms with Crippen molar-refractivity contribution in [2.75, 3.05) is 20.1 Å². The van der Waals surface area contributed by atoms with Crippen molar-refractivity contribution in [1.29, 1.82) is 0 Å². The third-order valence-electron chi connectivity index (χ3n) is 5.78. The lowest BCUT2D eigenvalue weighted by molar-refractivity contribution is 0.156. The highest BCUT2D eigenvalue weighted by Crippen LogP contribution is 2.40. The Morgan fingerprint density at radius 3 is 2.96 bits per heavy atom. The second-order valence-corrected chi connectivity index (χ2v) is 7.65. The van der Waals surface area contributed by atoms with Crippen LogP contribution in [0.4, 0.5) is 4.79 Å². The fraction of sp³-hybridized carbons (Fsp3) is 0.667. The molecular weight excluding hydrogens is 312 g/mol. The number of nitrogens with one attached hydrogen (secondary N) is 1. The second kappa shape index (κ2) is 8.70. The third-order valence-corrected chi connectivity index (χ3v) is 5.78. The maximum absolute atomic E-state index is 12.0. The molecule has 25 heavy (non-hydrogen) atoms. The number of piperidine rings is 1. The zero-order chi connectivity index (χ0) is 17.6. The minimum Gasteiger partial charge on any atom is -0.410 e. The van der Waals surface area contributed by atoms with Crippen LogP contribution in [0.15, 0.2) is 18.2 Å². The van der Waals surface area contributed by atoms with Crippen LogP contribution < -0.4 is 10.1 Å². The van der Waals surface area contributed by atoms with Gasteiger partial charge in [-0.05, 0) is 68.5 Å². The van der Waals surface area contributed by atoms with Gasteiger partial charge in [-0.25, -0.2) is 4.79 Å². The van der Waals surface area contributed by atoms with Gasteiger partial charge in [0, 0.05) is 12.6 Å². The van der Waals surface area contributed by atoms with Crippen LogP contribution in [-0.2, 0) is 6.42 Å². The summed E-state index contributed by atoms with van der Waals surface area (Å²) in [6.45, 7) is 4.07. The van der Waals surface area contributed by atoms with E-state index in [1.807, 2.05) is 6.07 Å². The molecule has 2 atom stereocenters. The molecule has 1 aromatic rings. The smallest absolute Gasteiger partial charge is 0.410 e. The van der Waals surface area contributed by atoms with Gasteiger partial charge < -0.3 is 15.0 Å². The highest BCUT2D eigenvalue weighted by atomic mass is 16.6. The molecule has 1 amide bonds. The molecule has 0 saturated carbocycles. The molecule has 1 fully saturated rings. The number of unbranched alkanes of at least 4 members (excludes halogenated alkanes) is 4. The minimum absolute atomic E-state index is 0.326. The first-order valence-corrected chi connectivity index (χ1v) is 9.96. The highest BCUT2D eigenvalue weighted by molar-refractivity contribution is 5.70. The van der Waals surface area contributed by atoms with Crippen molar-refractivity contribution in [2.24, 2.45) is 0 Å². The van der Waals surface area contributed by atoms with Crippen molar-refractivity contribution in [2.45, 2.75) is 70.3 Å². The van der Waals surface area contributed by atoms with Crippen LogP contribution in [0.2, 0.25) is 0 Å². The minimum atomic E-state index is -0.326. The van der Waals surface area contributed by atoms with Crippen LogP contribution in [-0.4, -0.2) is 37.2 Å². The van der Waals surface area contributed by atoms with E-state index in [-0.39, 0.29) is 6.09 Å². The van der Waals surface area contributed by atoms with Crippen LogP contribution >= 0.6 is 0 Å². The van der Waals surface area contributed by atoms with Crippen LogP contribution in [0.3, 0.4) is 0 Å². The van der Waals surface area contributed by atoms with E-state index in [1.54, 1.807) is 0 Å². The van der Waals surface area contributed by atoms with Crippen molar-refractivity contribution in [3.8, 4) is 5.75 Å². The lowest BCUT2D eigenvalue weighted by Crippen LogP contribution is -2.43. The zero-order valence-electron chi connectivity index (χ0n) is 15.7. The summed E-state index contributed by atoms with van der Waals surface area (Å²) in [5.41, 5.74) is 2.82. The molecule has 2 bridgehead atoms. The second-order valence-electron chi connectivity index (χ2n) is 7.65. The van der Waals surface area contributed by atoms with Crippen molar-refractivity contribution < 1.29 is 9.53 Å². The summed E-state index contributed by atoms with van der Waals surface area (Å²) in [5, 5.41) is 2.87. The van der Waals surface area contributed by atoms with E-state index in [4.69, 9.17) is 4.74 Å². The number of carbonyl (C=O) groups is 1. The molecule has 1 heterocycles. The molecule has 1 aliphatic heterocycles. The van der Waals surface area contributed by atoms with Crippen LogP contribution in [0.1, 0.15) is 68.9 Å². The van der Waals surface area contributed by atoms with E-state index >= 15 is 0 Å². The lowest BCUT2D eigenvalue weighted by atomic mass is 9.75. The maximum atomic E-state index is 12.0. The van der Waals surface area contributed by atoms with Crippen molar-refractivity contribution >= 4 is 6.09 Å². The average Bonchev–Trinajstić information content (AvgIpc) is 2.61. The van der Waals surface area contributed by atoms with Crippen LogP contribution in [0, 0.1) is 0 Å². The molecule has 1 aliphatic carbocycles. The molecule has 3 rings (SSSR count). The first-order valence-electron chi connectivity index (χ1n) is 9.96. The van der Waals surface area contributed by atoms with Gasteiger partial charge in [-0.1, -0.05) is 38.7 Å². The highest BCUT2D eigenvalue weighted by Gasteiger charge is 2.33. The Morgan fingerprint density at radius 1 is 1.28 bits per heavy atom. The molecule has 1 aromatic carbocycles. The predicted octanol–water partition coefficient (Wildman–Crippen LogP) is 4.48. The van der Waals surface area contributed by atoms with Gasteiger partial charge in [-0.3, -0.25) is 0 Å². The van der Waals surface area contributed by atoms with E-state index in [0.717, 1.165) is 12.8 Å². The average molecular weight is 344 g/mol. The number of likely N-dealkylation sites (tertiary alicyclic amines) is 1. The fourth-order valence-corrected chi connectivity index (χ4v) is 4.21. The molecule has 2 aliphatic rings. The standard InChI is InChI=1S/C21H32N2O2/c1-3-4-5-6-7-11-22-21(24)25-19-9-8-16-13-18-14-17(20(16)15-19)10-12-23(18)2/h8-9,15,17-18H,3-7,10-14H2,1-2H3,(H,22,24)/t17-,18+/m0/s1. The number of amides is 1. The monoisotopic (exact) mass is 344 g/mol. The Balaban J connectivity index is 1.50. The van der Waals surface area contributed by atoms with E-state index in [2.05, 4.69) is 36.3 Å². The number of hydrogen-bond donors (Lipinski definition) is 1. The molecular formula is C21H32N2O2. The van der Waals surface area contributed by atoms with Gasteiger partial charge in [0.25, 0.3) is 0 Å². The number of carbonyl (C=O) groups excluding carboxylic acids is 1. The molecule has 0 radical (unpaired) electrons. The number of ether oxygens (including phenoxy) is 1. The number of rotatable bonds is 7. The van der Waals surface area contributed by atoms with Gasteiger partial charge in [-0.2, -0.15) is 0 Å². The van der Waals surface area contributed by atoms with E-state index < -0.39 is 0 Å². The molecule has 1 N–H and O–H groups in total. The Hall–Kier alpha value is -1.55. The first-order chi connectivity index (χ1) is 12.2. The largest absolute Gasteiger partial charge is 0.412 e. The third kappa shape index (κ3) is 4.75. The van der Waals surface area contributed by atoms with Gasteiger partial charge in [0.15, 0.2) is 0 Å². The Morgan fingerprint density at radius 2 is 2.12 bits per heavy atom. The summed E-state index contributed by atoms with van der Waals surface area (Å²) >= 11 is 0. The molecule has 138 valence electrons. The number of likely N-dealkylation sites (N-methyl/N-ethyl adjacent to an activating group) is 1. The molecule has 1 saturated heterocycles. The van der Waals surface area contributed by atoms with Crippen molar-refractivity contribution in [3.63, 3.8) is 0 Å². The molecule has 0 unspecified atom stereocenters. The van der Waals surface area contributed by atoms with E-state index in [0.29, 0.717) is 24.3 Å². The SMILES string of the molecule is CCCCCCCNC(=O)Oc1ccc2c(c1)[C@H]1CCN(C)[C@H](C2)C1. The molecule has 4 nitrogen and oxygen atoms in total. The van der Waals surface area contributed by atoms with Gasteiger partial charge in [0.1, 0.15) is 5.75 Å². The number of benzene rings is 1. The van der Waals surface area contributed by atoms with Gasteiger partial charge in [0.05, 0.1) is 0 Å². The van der Waals surface area contributed by atoms with Crippen LogP contribution in [0.5, 0.6) is 5.75 Å². The zero-order valence-corrected chi connectivity index (χ0v) is 15.7.